The molecule has 0 aliphatic carbocycles. The maximum atomic E-state index is 11.2. The predicted molar refractivity (Wildman–Crippen MR) is 68.9 cm³/mol. The maximum Gasteiger partial charge on any atom is 0.150 e. The van der Waals surface area contributed by atoms with Crippen molar-refractivity contribution in [3.05, 3.63) is 17.3 Å². The van der Waals surface area contributed by atoms with Crippen molar-refractivity contribution < 1.29 is 4.79 Å². The summed E-state index contributed by atoms with van der Waals surface area (Å²) in [4.78, 5) is 11.2. The normalized spacial score (nSPS) is 19.4. The molecule has 1 aliphatic rings. The molecule has 0 fully saturated rings. The van der Waals surface area contributed by atoms with Crippen LogP contribution in [0.1, 0.15) is 32.0 Å². The molecule has 4 heteroatoms. The van der Waals surface area contributed by atoms with Crippen LogP contribution in [0.15, 0.2) is 6.08 Å². The second kappa shape index (κ2) is 3.72. The third-order valence-corrected chi connectivity index (χ3v) is 3.21. The zero-order valence-electron chi connectivity index (χ0n) is 11.0. The SMILES string of the molecule is Cc1nn(C)c2c1C(C=O)=C[C@@H](C(C)(C)C)N2. The lowest BCUT2D eigenvalue weighted by molar-refractivity contribution is -0.103. The van der Waals surface area contributed by atoms with Gasteiger partial charge in [-0.1, -0.05) is 26.8 Å². The van der Waals surface area contributed by atoms with E-state index in [2.05, 4.69) is 31.2 Å². The molecule has 1 aliphatic heterocycles. The van der Waals surface area contributed by atoms with Crippen LogP contribution in [0.3, 0.4) is 0 Å². The van der Waals surface area contributed by atoms with E-state index in [0.717, 1.165) is 28.9 Å². The largest absolute Gasteiger partial charge is 0.363 e. The zero-order valence-corrected chi connectivity index (χ0v) is 11.0. The van der Waals surface area contributed by atoms with Crippen molar-refractivity contribution in [3.8, 4) is 0 Å². The molecule has 1 atom stereocenters. The number of allylic oxidation sites excluding steroid dienone is 1. The molecule has 0 aromatic carbocycles. The topological polar surface area (TPSA) is 46.9 Å². The minimum absolute atomic E-state index is 0.0596. The number of carbonyl (C=O) groups is 1. The highest BCUT2D eigenvalue weighted by Crippen LogP contribution is 2.35. The van der Waals surface area contributed by atoms with E-state index >= 15 is 0 Å². The highest BCUT2D eigenvalue weighted by molar-refractivity contribution is 6.10. The molecule has 1 aromatic rings. The molecule has 17 heavy (non-hydrogen) atoms. The van der Waals surface area contributed by atoms with Gasteiger partial charge >= 0.3 is 0 Å². The molecule has 0 bridgehead atoms. The molecule has 0 saturated carbocycles. The molecule has 1 N–H and O–H groups in total. The molecule has 0 spiro atoms. The van der Waals surface area contributed by atoms with Gasteiger partial charge in [-0.15, -0.1) is 0 Å². The number of hydrogen-bond acceptors (Lipinski definition) is 3. The molecule has 0 saturated heterocycles. The van der Waals surface area contributed by atoms with Gasteiger partial charge in [0.05, 0.1) is 11.7 Å². The molecule has 2 heterocycles. The van der Waals surface area contributed by atoms with Gasteiger partial charge in [-0.3, -0.25) is 9.48 Å². The van der Waals surface area contributed by atoms with Crippen molar-refractivity contribution in [2.24, 2.45) is 12.5 Å². The number of aldehydes is 1. The molecule has 0 radical (unpaired) electrons. The average Bonchev–Trinajstić information content (AvgIpc) is 2.52. The van der Waals surface area contributed by atoms with E-state index in [-0.39, 0.29) is 11.5 Å². The molecule has 92 valence electrons. The van der Waals surface area contributed by atoms with Crippen molar-refractivity contribution in [1.82, 2.24) is 9.78 Å². The lowest BCUT2D eigenvalue weighted by Crippen LogP contribution is -2.35. The first-order chi connectivity index (χ1) is 7.84. The number of anilines is 1. The van der Waals surface area contributed by atoms with Crippen LogP contribution in [0.5, 0.6) is 0 Å². The van der Waals surface area contributed by atoms with Crippen LogP contribution in [-0.2, 0) is 11.8 Å². The first-order valence-corrected chi connectivity index (χ1v) is 5.82. The number of rotatable bonds is 1. The van der Waals surface area contributed by atoms with Crippen LogP contribution >= 0.6 is 0 Å². The fourth-order valence-electron chi connectivity index (χ4n) is 2.19. The van der Waals surface area contributed by atoms with Gasteiger partial charge in [0, 0.05) is 18.2 Å². The van der Waals surface area contributed by atoms with Gasteiger partial charge in [0.25, 0.3) is 0 Å². The van der Waals surface area contributed by atoms with Crippen molar-refractivity contribution in [2.75, 3.05) is 5.32 Å². The van der Waals surface area contributed by atoms with Crippen LogP contribution in [0.2, 0.25) is 0 Å². The summed E-state index contributed by atoms with van der Waals surface area (Å²) in [5, 5.41) is 7.82. The van der Waals surface area contributed by atoms with Crippen LogP contribution < -0.4 is 5.32 Å². The van der Waals surface area contributed by atoms with E-state index in [0.29, 0.717) is 0 Å². The number of fused-ring (bicyclic) bond motifs is 1. The average molecular weight is 233 g/mol. The Morgan fingerprint density at radius 2 is 2.12 bits per heavy atom. The number of aryl methyl sites for hydroxylation is 2. The van der Waals surface area contributed by atoms with Crippen molar-refractivity contribution in [3.63, 3.8) is 0 Å². The zero-order chi connectivity index (χ0) is 12.8. The highest BCUT2D eigenvalue weighted by Gasteiger charge is 2.30. The third kappa shape index (κ3) is 1.88. The summed E-state index contributed by atoms with van der Waals surface area (Å²) in [5.41, 5.74) is 2.62. The summed E-state index contributed by atoms with van der Waals surface area (Å²) in [5.74, 6) is 0.937. The molecule has 1 aromatic heterocycles. The fraction of sp³-hybridized carbons (Fsp3) is 0.538. The third-order valence-electron chi connectivity index (χ3n) is 3.21. The number of nitrogens with one attached hydrogen (secondary N) is 1. The lowest BCUT2D eigenvalue weighted by Gasteiger charge is -2.33. The van der Waals surface area contributed by atoms with Gasteiger partial charge in [0.15, 0.2) is 6.29 Å². The van der Waals surface area contributed by atoms with E-state index < -0.39 is 0 Å². The predicted octanol–water partition coefficient (Wildman–Crippen LogP) is 2.15. The van der Waals surface area contributed by atoms with Crippen molar-refractivity contribution in [1.29, 1.82) is 0 Å². The first-order valence-electron chi connectivity index (χ1n) is 5.82. The van der Waals surface area contributed by atoms with Crippen LogP contribution in [0.4, 0.5) is 5.82 Å². The lowest BCUT2D eigenvalue weighted by atomic mass is 9.83. The second-order valence-corrected chi connectivity index (χ2v) is 5.66. The number of carbonyl (C=O) groups excluding carboxylic acids is 1. The van der Waals surface area contributed by atoms with E-state index in [4.69, 9.17) is 0 Å². The van der Waals surface area contributed by atoms with Crippen molar-refractivity contribution in [2.45, 2.75) is 33.7 Å². The van der Waals surface area contributed by atoms with Gasteiger partial charge in [0.2, 0.25) is 0 Å². The van der Waals surface area contributed by atoms with E-state index in [1.807, 2.05) is 20.0 Å². The first kappa shape index (κ1) is 11.9. The number of hydrogen-bond donors (Lipinski definition) is 1. The van der Waals surface area contributed by atoms with Crippen LogP contribution in [-0.4, -0.2) is 22.1 Å². The molecule has 2 rings (SSSR count). The van der Waals surface area contributed by atoms with Crippen molar-refractivity contribution >= 4 is 17.7 Å². The molecule has 0 unspecified atom stereocenters. The van der Waals surface area contributed by atoms with E-state index in [1.165, 1.54) is 0 Å². The fourth-order valence-corrected chi connectivity index (χ4v) is 2.19. The van der Waals surface area contributed by atoms with Gasteiger partial charge in [-0.2, -0.15) is 5.10 Å². The molecule has 4 nitrogen and oxygen atoms in total. The Hall–Kier alpha value is -1.58. The Bertz CT molecular complexity index is 491. The molecular weight excluding hydrogens is 214 g/mol. The Morgan fingerprint density at radius 3 is 2.65 bits per heavy atom. The molecular formula is C13H19N3O. The minimum atomic E-state index is 0.0596. The number of aromatic nitrogens is 2. The molecule has 0 amide bonds. The summed E-state index contributed by atoms with van der Waals surface area (Å²) in [6.07, 6.45) is 2.93. The highest BCUT2D eigenvalue weighted by atomic mass is 16.1. The Morgan fingerprint density at radius 1 is 1.47 bits per heavy atom. The van der Waals surface area contributed by atoms with Gasteiger partial charge < -0.3 is 5.32 Å². The standard InChI is InChI=1S/C13H19N3O/c1-8-11-9(7-17)6-10(13(2,3)4)14-12(11)16(5)15-8/h6-7,10,14H,1-5H3/t10-/m0/s1. The monoisotopic (exact) mass is 233 g/mol. The summed E-state index contributed by atoms with van der Waals surface area (Å²) < 4.78 is 1.81. The van der Waals surface area contributed by atoms with Gasteiger partial charge in [0.1, 0.15) is 5.82 Å². The van der Waals surface area contributed by atoms with E-state index in [1.54, 1.807) is 4.68 Å². The maximum absolute atomic E-state index is 11.2. The smallest absolute Gasteiger partial charge is 0.150 e. The Balaban J connectivity index is 2.56. The summed E-state index contributed by atoms with van der Waals surface area (Å²) in [7, 11) is 1.90. The number of nitrogens with zero attached hydrogens (tertiary/aromatic N) is 2. The quantitative estimate of drug-likeness (QED) is 0.756. The summed E-state index contributed by atoms with van der Waals surface area (Å²) in [6.45, 7) is 8.38. The van der Waals surface area contributed by atoms with Gasteiger partial charge in [-0.25, -0.2) is 0 Å². The Kier molecular flexibility index (Phi) is 2.60. The van der Waals surface area contributed by atoms with Crippen LogP contribution in [0.25, 0.3) is 5.57 Å². The van der Waals surface area contributed by atoms with Crippen LogP contribution in [0, 0.1) is 12.3 Å². The second-order valence-electron chi connectivity index (χ2n) is 5.66. The Labute approximate surface area is 102 Å². The summed E-state index contributed by atoms with van der Waals surface area (Å²) >= 11 is 0. The minimum Gasteiger partial charge on any atom is -0.363 e. The summed E-state index contributed by atoms with van der Waals surface area (Å²) in [6, 6.07) is 0.144. The van der Waals surface area contributed by atoms with Gasteiger partial charge in [-0.05, 0) is 12.3 Å². The van der Waals surface area contributed by atoms with E-state index in [9.17, 15) is 4.79 Å².